The molecule has 252 valence electrons. The maximum Gasteiger partial charge on any atom is 0.123 e. The van der Waals surface area contributed by atoms with Gasteiger partial charge in [0.2, 0.25) is 0 Å². The van der Waals surface area contributed by atoms with E-state index in [1.807, 2.05) is 38.1 Å². The minimum absolute atomic E-state index is 0.0194. The van der Waals surface area contributed by atoms with E-state index >= 15 is 0 Å². The summed E-state index contributed by atoms with van der Waals surface area (Å²) in [6.45, 7) is 20.9. The maximum atomic E-state index is 10.5. The van der Waals surface area contributed by atoms with Crippen LogP contribution in [-0.4, -0.2) is 20.4 Å². The predicted octanol–water partition coefficient (Wildman–Crippen LogP) is 11.7. The molecule has 0 saturated carbocycles. The van der Waals surface area contributed by atoms with Crippen LogP contribution in [-0.2, 0) is 12.8 Å². The van der Waals surface area contributed by atoms with Crippen molar-refractivity contribution < 1.29 is 20.4 Å². The Morgan fingerprint density at radius 1 is 0.609 bits per heavy atom. The highest BCUT2D eigenvalue weighted by Gasteiger charge is 2.31. The summed E-state index contributed by atoms with van der Waals surface area (Å²) in [5, 5.41) is 42.2. The average Bonchev–Trinajstić information content (AvgIpc) is 2.97. The number of phenols is 4. The molecule has 46 heavy (non-hydrogen) atoms. The molecule has 4 N–H and O–H groups in total. The van der Waals surface area contributed by atoms with Crippen LogP contribution in [0.5, 0.6) is 23.0 Å². The Hall–Kier alpha value is -3.40. The van der Waals surface area contributed by atoms with E-state index in [9.17, 15) is 20.4 Å². The number of aromatic hydroxyl groups is 4. The van der Waals surface area contributed by atoms with Gasteiger partial charge in [0, 0.05) is 23.0 Å². The molecule has 2 aliphatic rings. The third-order valence-electron chi connectivity index (χ3n) is 9.96. The number of allylic oxidation sites excluding steroid dienone is 6. The van der Waals surface area contributed by atoms with Crippen molar-refractivity contribution in [2.24, 2.45) is 11.8 Å². The highest BCUT2D eigenvalue weighted by Crippen LogP contribution is 2.48. The standard InChI is InChI=1S/2C21H30O2/c2*1-5-6-7-8-16-12-19(22)21(20(23)13-16)18-11-15(4)9-10-17(18)14(2)3/h2*11-13,17-18,22-23H,2,5-10H2,1,3-4H3/t17-,18+;/m0./s1. The van der Waals surface area contributed by atoms with E-state index in [1.165, 1.54) is 36.8 Å². The van der Waals surface area contributed by atoms with Crippen LogP contribution in [0.15, 0.2) is 71.9 Å². The fourth-order valence-electron chi connectivity index (χ4n) is 7.30. The van der Waals surface area contributed by atoms with E-state index in [2.05, 4.69) is 53.0 Å². The smallest absolute Gasteiger partial charge is 0.123 e. The topological polar surface area (TPSA) is 80.9 Å². The molecule has 0 radical (unpaired) electrons. The summed E-state index contributed by atoms with van der Waals surface area (Å²) in [5.41, 5.74) is 8.22. The summed E-state index contributed by atoms with van der Waals surface area (Å²) in [4.78, 5) is 0. The van der Waals surface area contributed by atoms with E-state index in [4.69, 9.17) is 0 Å². The van der Waals surface area contributed by atoms with Crippen molar-refractivity contribution in [2.75, 3.05) is 0 Å². The largest absolute Gasteiger partial charge is 0.507 e. The number of unbranched alkanes of at least 4 members (excludes halogenated alkanes) is 4. The number of aryl methyl sites for hydroxylation is 2. The van der Waals surface area contributed by atoms with Gasteiger partial charge in [-0.1, -0.05) is 87.1 Å². The molecule has 0 bridgehead atoms. The normalized spacial score (nSPS) is 21.1. The molecule has 0 aromatic heterocycles. The Morgan fingerprint density at radius 2 is 0.935 bits per heavy atom. The van der Waals surface area contributed by atoms with Crippen LogP contribution < -0.4 is 0 Å². The van der Waals surface area contributed by atoms with E-state index in [0.717, 1.165) is 73.6 Å². The third-order valence-corrected chi connectivity index (χ3v) is 9.96. The minimum atomic E-state index is 0.0194. The molecule has 2 aliphatic carbocycles. The lowest BCUT2D eigenvalue weighted by Crippen LogP contribution is -2.17. The number of hydrogen-bond acceptors (Lipinski definition) is 4. The van der Waals surface area contributed by atoms with Crippen LogP contribution in [0.2, 0.25) is 0 Å². The Morgan fingerprint density at radius 3 is 1.22 bits per heavy atom. The Bertz CT molecular complexity index is 1260. The molecule has 2 aromatic rings. The van der Waals surface area contributed by atoms with Crippen LogP contribution in [0.3, 0.4) is 0 Å². The lowest BCUT2D eigenvalue weighted by atomic mass is 9.73. The van der Waals surface area contributed by atoms with Crippen molar-refractivity contribution in [3.63, 3.8) is 0 Å². The molecular weight excluding hydrogens is 568 g/mol. The Balaban J connectivity index is 0.000000250. The first-order valence-electron chi connectivity index (χ1n) is 17.6. The average molecular weight is 629 g/mol. The zero-order valence-corrected chi connectivity index (χ0v) is 29.5. The molecule has 4 atom stereocenters. The summed E-state index contributed by atoms with van der Waals surface area (Å²) in [6, 6.07) is 7.33. The number of phenolic OH excluding ortho intramolecular Hbond substituents is 4. The third kappa shape index (κ3) is 9.80. The van der Waals surface area contributed by atoms with Gasteiger partial charge < -0.3 is 20.4 Å². The van der Waals surface area contributed by atoms with Crippen molar-refractivity contribution in [1.82, 2.24) is 0 Å². The van der Waals surface area contributed by atoms with Gasteiger partial charge in [0.1, 0.15) is 23.0 Å². The molecule has 0 spiro atoms. The molecule has 0 saturated heterocycles. The van der Waals surface area contributed by atoms with Gasteiger partial charge in [-0.3, -0.25) is 0 Å². The van der Waals surface area contributed by atoms with Crippen LogP contribution in [0.1, 0.15) is 140 Å². The SMILES string of the molecule is C=C(C)C1CCC(C)=CC1c1c(O)cc(CCCCC)cc1O.C=C(C)[C@@H]1CCC(C)=C[C@H]1c1c(O)cc(CCCCC)cc1O. The van der Waals surface area contributed by atoms with Crippen LogP contribution >= 0.6 is 0 Å². The molecule has 0 heterocycles. The highest BCUT2D eigenvalue weighted by atomic mass is 16.3. The molecule has 0 amide bonds. The molecule has 0 fully saturated rings. The molecule has 4 rings (SSSR count). The molecule has 0 aliphatic heterocycles. The molecule has 2 unspecified atom stereocenters. The van der Waals surface area contributed by atoms with E-state index in [1.54, 1.807) is 0 Å². The summed E-state index contributed by atoms with van der Waals surface area (Å²) in [6.07, 6.45) is 17.2. The Labute approximate surface area is 279 Å². The van der Waals surface area contributed by atoms with Crippen LogP contribution in [0.25, 0.3) is 0 Å². The van der Waals surface area contributed by atoms with E-state index in [-0.39, 0.29) is 46.7 Å². The van der Waals surface area contributed by atoms with Crippen LogP contribution in [0, 0.1) is 11.8 Å². The summed E-state index contributed by atoms with van der Waals surface area (Å²) in [5.74, 6) is 1.48. The molecular formula is C42H60O4. The summed E-state index contributed by atoms with van der Waals surface area (Å²) >= 11 is 0. The summed E-state index contributed by atoms with van der Waals surface area (Å²) in [7, 11) is 0. The van der Waals surface area contributed by atoms with Gasteiger partial charge >= 0.3 is 0 Å². The highest BCUT2D eigenvalue weighted by molar-refractivity contribution is 5.53. The second-order valence-corrected chi connectivity index (χ2v) is 14.1. The predicted molar refractivity (Wildman–Crippen MR) is 194 cm³/mol. The lowest BCUT2D eigenvalue weighted by molar-refractivity contribution is 0.405. The van der Waals surface area contributed by atoms with Gasteiger partial charge in [0.05, 0.1) is 0 Å². The molecule has 2 aromatic carbocycles. The van der Waals surface area contributed by atoms with Gasteiger partial charge in [0.15, 0.2) is 0 Å². The fourth-order valence-corrected chi connectivity index (χ4v) is 7.30. The first-order valence-corrected chi connectivity index (χ1v) is 17.6. The lowest BCUT2D eigenvalue weighted by Gasteiger charge is -2.31. The second-order valence-electron chi connectivity index (χ2n) is 14.1. The number of benzene rings is 2. The van der Waals surface area contributed by atoms with Gasteiger partial charge in [-0.05, 0) is 126 Å². The van der Waals surface area contributed by atoms with E-state index < -0.39 is 0 Å². The quantitative estimate of drug-likeness (QED) is 0.139. The van der Waals surface area contributed by atoms with E-state index in [0.29, 0.717) is 11.1 Å². The second kappa shape index (κ2) is 17.5. The summed E-state index contributed by atoms with van der Waals surface area (Å²) < 4.78 is 0. The first kappa shape index (κ1) is 37.1. The first-order chi connectivity index (χ1) is 21.9. The van der Waals surface area contributed by atoms with Gasteiger partial charge in [0.25, 0.3) is 0 Å². The molecule has 4 nitrogen and oxygen atoms in total. The number of hydrogen-bond donors (Lipinski definition) is 4. The monoisotopic (exact) mass is 628 g/mol. The molecule has 4 heteroatoms. The maximum absolute atomic E-state index is 10.5. The van der Waals surface area contributed by atoms with Crippen LogP contribution in [0.4, 0.5) is 0 Å². The minimum Gasteiger partial charge on any atom is -0.507 e. The fraction of sp³-hybridized carbons (Fsp3) is 0.524. The van der Waals surface area contributed by atoms with Gasteiger partial charge in [-0.2, -0.15) is 0 Å². The number of rotatable bonds is 12. The van der Waals surface area contributed by atoms with Crippen molar-refractivity contribution >= 4 is 0 Å². The van der Waals surface area contributed by atoms with Crippen molar-refractivity contribution in [3.05, 3.63) is 94.1 Å². The zero-order chi connectivity index (χ0) is 34.0. The Kier molecular flexibility index (Phi) is 14.1. The van der Waals surface area contributed by atoms with Crippen molar-refractivity contribution in [2.45, 2.75) is 130 Å². The van der Waals surface area contributed by atoms with Gasteiger partial charge in [-0.25, -0.2) is 0 Å². The van der Waals surface area contributed by atoms with Crippen molar-refractivity contribution in [3.8, 4) is 23.0 Å². The zero-order valence-electron chi connectivity index (χ0n) is 29.5. The van der Waals surface area contributed by atoms with Crippen molar-refractivity contribution in [1.29, 1.82) is 0 Å². The van der Waals surface area contributed by atoms with Gasteiger partial charge in [-0.15, -0.1) is 0 Å².